The van der Waals surface area contributed by atoms with E-state index in [0.29, 0.717) is 0 Å². The van der Waals surface area contributed by atoms with Crippen LogP contribution in [0.15, 0.2) is 12.1 Å². The number of hydrogen-bond donors (Lipinski definition) is 1. The van der Waals surface area contributed by atoms with Crippen LogP contribution in [0.2, 0.25) is 0 Å². The molecule has 0 radical (unpaired) electrons. The van der Waals surface area contributed by atoms with Crippen LogP contribution >= 0.6 is 0 Å². The van der Waals surface area contributed by atoms with Gasteiger partial charge in [0, 0.05) is 6.04 Å². The van der Waals surface area contributed by atoms with Gasteiger partial charge >= 0.3 is 0 Å². The first-order chi connectivity index (χ1) is 9.62. The van der Waals surface area contributed by atoms with E-state index in [1.54, 1.807) is 7.11 Å². The minimum absolute atomic E-state index is 0.171. The molecule has 0 aromatic heterocycles. The summed E-state index contributed by atoms with van der Waals surface area (Å²) in [6, 6.07) is 4.76. The lowest BCUT2D eigenvalue weighted by Gasteiger charge is -2.17. The van der Waals surface area contributed by atoms with Crippen LogP contribution in [0.1, 0.15) is 63.1 Å². The molecule has 0 heterocycles. The van der Waals surface area contributed by atoms with Gasteiger partial charge in [0.2, 0.25) is 0 Å². The van der Waals surface area contributed by atoms with Gasteiger partial charge in [0.05, 0.1) is 7.11 Å². The Kier molecular flexibility index (Phi) is 7.68. The fourth-order valence-electron chi connectivity index (χ4n) is 2.61. The third-order valence-electron chi connectivity index (χ3n) is 3.74. The van der Waals surface area contributed by atoms with Crippen LogP contribution < -0.4 is 10.5 Å². The highest BCUT2D eigenvalue weighted by Crippen LogP contribution is 2.27. The minimum atomic E-state index is 0.171. The fraction of sp³-hybridized carbons (Fsp3) is 0.667. The van der Waals surface area contributed by atoms with Crippen molar-refractivity contribution >= 4 is 0 Å². The van der Waals surface area contributed by atoms with Crippen LogP contribution in [-0.4, -0.2) is 13.2 Å². The van der Waals surface area contributed by atoms with Crippen molar-refractivity contribution in [3.63, 3.8) is 0 Å². The molecule has 0 spiro atoms. The Bertz CT molecular complexity index is 399. The molecule has 1 unspecified atom stereocenters. The molecule has 0 saturated heterocycles. The van der Waals surface area contributed by atoms with E-state index in [2.05, 4.69) is 32.9 Å². The Balaban J connectivity index is 3.06. The molecule has 1 atom stereocenters. The Morgan fingerprint density at radius 3 is 2.00 bits per heavy atom. The molecule has 1 aromatic rings. The molecule has 0 aliphatic rings. The Hall–Kier alpha value is -1.02. The molecular weight excluding hydrogens is 246 g/mol. The third-order valence-corrected chi connectivity index (χ3v) is 3.74. The van der Waals surface area contributed by atoms with Gasteiger partial charge in [0.25, 0.3) is 0 Å². The highest BCUT2D eigenvalue weighted by Gasteiger charge is 2.11. The summed E-state index contributed by atoms with van der Waals surface area (Å²) < 4.78 is 5.57. The van der Waals surface area contributed by atoms with Crippen molar-refractivity contribution in [2.24, 2.45) is 5.73 Å². The second-order valence-electron chi connectivity index (χ2n) is 5.82. The summed E-state index contributed by atoms with van der Waals surface area (Å²) >= 11 is 0. The topological polar surface area (TPSA) is 35.2 Å². The van der Waals surface area contributed by atoms with Crippen molar-refractivity contribution in [3.05, 3.63) is 28.8 Å². The standard InChI is InChI=1S/C18H31NO/c1-5-7-9-15-12-17(11-14(3)19)18(20-4)13-16(15)10-8-6-2/h12-14H,5-11,19H2,1-4H3. The Morgan fingerprint density at radius 1 is 1.00 bits per heavy atom. The van der Waals surface area contributed by atoms with E-state index in [1.807, 2.05) is 0 Å². The molecule has 2 heteroatoms. The lowest BCUT2D eigenvalue weighted by molar-refractivity contribution is 0.407. The molecular formula is C18H31NO. The van der Waals surface area contributed by atoms with Crippen molar-refractivity contribution in [3.8, 4) is 5.75 Å². The van der Waals surface area contributed by atoms with Crippen LogP contribution in [0.4, 0.5) is 0 Å². The number of rotatable bonds is 9. The van der Waals surface area contributed by atoms with Gasteiger partial charge in [-0.1, -0.05) is 32.8 Å². The highest BCUT2D eigenvalue weighted by atomic mass is 16.5. The summed E-state index contributed by atoms with van der Waals surface area (Å²) in [5.74, 6) is 1.01. The number of unbranched alkanes of at least 4 members (excludes halogenated alkanes) is 2. The maximum Gasteiger partial charge on any atom is 0.122 e. The molecule has 2 N–H and O–H groups in total. The molecule has 1 rings (SSSR count). The summed E-state index contributed by atoms with van der Waals surface area (Å²) in [6.07, 6.45) is 8.18. The molecule has 0 saturated carbocycles. The first-order valence-corrected chi connectivity index (χ1v) is 8.06. The van der Waals surface area contributed by atoms with Crippen LogP contribution in [0.3, 0.4) is 0 Å². The normalized spacial score (nSPS) is 12.4. The molecule has 0 aliphatic heterocycles. The SMILES string of the molecule is CCCCc1cc(CC(C)N)c(OC)cc1CCCC. The van der Waals surface area contributed by atoms with Crippen LogP contribution in [0.25, 0.3) is 0 Å². The van der Waals surface area contributed by atoms with E-state index in [4.69, 9.17) is 10.5 Å². The molecule has 114 valence electrons. The fourth-order valence-corrected chi connectivity index (χ4v) is 2.61. The van der Waals surface area contributed by atoms with E-state index in [-0.39, 0.29) is 6.04 Å². The van der Waals surface area contributed by atoms with E-state index >= 15 is 0 Å². The number of ether oxygens (including phenoxy) is 1. The smallest absolute Gasteiger partial charge is 0.122 e. The van der Waals surface area contributed by atoms with Crippen LogP contribution in [0.5, 0.6) is 5.75 Å². The van der Waals surface area contributed by atoms with Gasteiger partial charge in [0.15, 0.2) is 0 Å². The van der Waals surface area contributed by atoms with E-state index in [0.717, 1.165) is 18.6 Å². The largest absolute Gasteiger partial charge is 0.496 e. The second kappa shape index (κ2) is 9.02. The predicted molar refractivity (Wildman–Crippen MR) is 87.6 cm³/mol. The van der Waals surface area contributed by atoms with Crippen molar-refractivity contribution < 1.29 is 4.74 Å². The van der Waals surface area contributed by atoms with Crippen LogP contribution in [0, 0.1) is 0 Å². The first-order valence-electron chi connectivity index (χ1n) is 8.06. The van der Waals surface area contributed by atoms with Gasteiger partial charge in [-0.15, -0.1) is 0 Å². The highest BCUT2D eigenvalue weighted by molar-refractivity contribution is 5.43. The minimum Gasteiger partial charge on any atom is -0.496 e. The quantitative estimate of drug-likeness (QED) is 0.731. The van der Waals surface area contributed by atoms with Gasteiger partial charge in [-0.3, -0.25) is 0 Å². The zero-order valence-electron chi connectivity index (χ0n) is 13.7. The Morgan fingerprint density at radius 2 is 1.55 bits per heavy atom. The second-order valence-corrected chi connectivity index (χ2v) is 5.82. The number of methoxy groups -OCH3 is 1. The molecule has 0 fully saturated rings. The Labute approximate surface area is 124 Å². The van der Waals surface area contributed by atoms with Gasteiger partial charge in [0.1, 0.15) is 5.75 Å². The first kappa shape index (κ1) is 17.0. The van der Waals surface area contributed by atoms with Crippen molar-refractivity contribution in [2.45, 2.75) is 71.8 Å². The summed E-state index contributed by atoms with van der Waals surface area (Å²) in [7, 11) is 1.76. The monoisotopic (exact) mass is 277 g/mol. The molecule has 0 aliphatic carbocycles. The van der Waals surface area contributed by atoms with Gasteiger partial charge in [-0.05, 0) is 61.8 Å². The summed E-state index contributed by atoms with van der Waals surface area (Å²) in [5.41, 5.74) is 10.2. The number of benzene rings is 1. The zero-order chi connectivity index (χ0) is 15.0. The number of hydrogen-bond acceptors (Lipinski definition) is 2. The maximum absolute atomic E-state index is 5.96. The third kappa shape index (κ3) is 5.16. The zero-order valence-corrected chi connectivity index (χ0v) is 13.7. The maximum atomic E-state index is 5.96. The number of nitrogens with two attached hydrogens (primary N) is 1. The van der Waals surface area contributed by atoms with Crippen LogP contribution in [-0.2, 0) is 19.3 Å². The molecule has 0 amide bonds. The van der Waals surface area contributed by atoms with Gasteiger partial charge < -0.3 is 10.5 Å². The lowest BCUT2D eigenvalue weighted by atomic mass is 9.93. The summed E-state index contributed by atoms with van der Waals surface area (Å²) in [5, 5.41) is 0. The summed E-state index contributed by atoms with van der Waals surface area (Å²) in [6.45, 7) is 6.54. The predicted octanol–water partition coefficient (Wildman–Crippen LogP) is 4.27. The summed E-state index contributed by atoms with van der Waals surface area (Å²) in [4.78, 5) is 0. The van der Waals surface area contributed by atoms with E-state index in [1.165, 1.54) is 48.8 Å². The van der Waals surface area contributed by atoms with Gasteiger partial charge in [-0.2, -0.15) is 0 Å². The van der Waals surface area contributed by atoms with E-state index < -0.39 is 0 Å². The molecule has 20 heavy (non-hydrogen) atoms. The van der Waals surface area contributed by atoms with Gasteiger partial charge in [-0.25, -0.2) is 0 Å². The van der Waals surface area contributed by atoms with Crippen molar-refractivity contribution in [1.82, 2.24) is 0 Å². The van der Waals surface area contributed by atoms with Crippen molar-refractivity contribution in [1.29, 1.82) is 0 Å². The van der Waals surface area contributed by atoms with E-state index in [9.17, 15) is 0 Å². The van der Waals surface area contributed by atoms with Crippen molar-refractivity contribution in [2.75, 3.05) is 7.11 Å². The average Bonchev–Trinajstić information content (AvgIpc) is 2.43. The molecule has 2 nitrogen and oxygen atoms in total. The number of aryl methyl sites for hydroxylation is 2. The molecule has 1 aromatic carbocycles. The lowest BCUT2D eigenvalue weighted by Crippen LogP contribution is -2.18. The average molecular weight is 277 g/mol. The molecule has 0 bridgehead atoms.